The third-order valence-corrected chi connectivity index (χ3v) is 5.09. The summed E-state index contributed by atoms with van der Waals surface area (Å²) in [5, 5.41) is 6.12. The molecule has 0 aliphatic rings. The molecule has 2 heterocycles. The summed E-state index contributed by atoms with van der Waals surface area (Å²) in [5.74, 6) is -0.0678. The lowest BCUT2D eigenvalue weighted by molar-refractivity contribution is -0.114. The minimum atomic E-state index is -0.145. The molecular weight excluding hydrogens is 418 g/mol. The second kappa shape index (κ2) is 7.88. The zero-order valence-corrected chi connectivity index (χ0v) is 16.5. The fraction of sp³-hybridized carbons (Fsp3) is 0.176. The van der Waals surface area contributed by atoms with E-state index < -0.39 is 0 Å². The third-order valence-electron chi connectivity index (χ3n) is 3.41. The zero-order valence-electron chi connectivity index (χ0n) is 14.1. The van der Waals surface area contributed by atoms with Gasteiger partial charge in [0.1, 0.15) is 0 Å². The molecule has 3 rings (SSSR count). The standard InChI is InChI=1S/C17H16BrN5O2S/c1-9-13(18)7-14-16(19-9)23-17(22-14)26-8-15(25)21-12-5-3-11(4-6-12)20-10(2)24/h3-7H,8H2,1-2H3,(H,20,24)(H,21,25)(H,19,22,23). The quantitative estimate of drug-likeness (QED) is 0.532. The lowest BCUT2D eigenvalue weighted by atomic mass is 10.3. The molecule has 3 N–H and O–H groups in total. The molecular formula is C17H16BrN5O2S. The van der Waals surface area contributed by atoms with Crippen molar-refractivity contribution in [3.8, 4) is 0 Å². The van der Waals surface area contributed by atoms with Crippen LogP contribution in [0.15, 0.2) is 40.0 Å². The van der Waals surface area contributed by atoms with Crippen LogP contribution in [-0.4, -0.2) is 32.5 Å². The lowest BCUT2D eigenvalue weighted by Gasteiger charge is -2.06. The van der Waals surface area contributed by atoms with E-state index in [0.717, 1.165) is 15.7 Å². The topological polar surface area (TPSA) is 99.8 Å². The highest BCUT2D eigenvalue weighted by atomic mass is 79.9. The molecule has 7 nitrogen and oxygen atoms in total. The number of amides is 2. The van der Waals surface area contributed by atoms with Gasteiger partial charge in [0, 0.05) is 22.8 Å². The van der Waals surface area contributed by atoms with Gasteiger partial charge in [0.2, 0.25) is 11.8 Å². The van der Waals surface area contributed by atoms with Crippen LogP contribution in [0.25, 0.3) is 11.2 Å². The Morgan fingerprint density at radius 2 is 1.81 bits per heavy atom. The number of carbonyl (C=O) groups is 2. The van der Waals surface area contributed by atoms with Crippen LogP contribution in [0, 0.1) is 6.92 Å². The second-order valence-electron chi connectivity index (χ2n) is 5.56. The van der Waals surface area contributed by atoms with Crippen molar-refractivity contribution < 1.29 is 9.59 Å². The molecule has 0 unspecified atom stereocenters. The average Bonchev–Trinajstić information content (AvgIpc) is 2.96. The Labute approximate surface area is 162 Å². The molecule has 0 aliphatic heterocycles. The van der Waals surface area contributed by atoms with Crippen LogP contribution in [0.2, 0.25) is 0 Å². The van der Waals surface area contributed by atoms with Crippen LogP contribution >= 0.6 is 27.7 Å². The molecule has 0 aliphatic carbocycles. The number of H-pyrrole nitrogens is 1. The van der Waals surface area contributed by atoms with Crippen LogP contribution < -0.4 is 10.6 Å². The van der Waals surface area contributed by atoms with Gasteiger partial charge in [-0.25, -0.2) is 9.97 Å². The second-order valence-corrected chi connectivity index (χ2v) is 7.38. The van der Waals surface area contributed by atoms with Crippen molar-refractivity contribution in [3.63, 3.8) is 0 Å². The number of benzene rings is 1. The van der Waals surface area contributed by atoms with E-state index in [1.807, 2.05) is 13.0 Å². The Morgan fingerprint density at radius 1 is 1.15 bits per heavy atom. The highest BCUT2D eigenvalue weighted by Gasteiger charge is 2.10. The van der Waals surface area contributed by atoms with Gasteiger partial charge >= 0.3 is 0 Å². The first kappa shape index (κ1) is 18.4. The Hall–Kier alpha value is -2.39. The third kappa shape index (κ3) is 4.61. The van der Waals surface area contributed by atoms with Gasteiger partial charge in [-0.2, -0.15) is 0 Å². The van der Waals surface area contributed by atoms with Gasteiger partial charge in [0.05, 0.1) is 17.0 Å². The highest BCUT2D eigenvalue weighted by Crippen LogP contribution is 2.23. The summed E-state index contributed by atoms with van der Waals surface area (Å²) in [6.07, 6.45) is 0. The first-order chi connectivity index (χ1) is 12.4. The van der Waals surface area contributed by atoms with E-state index in [4.69, 9.17) is 0 Å². The number of carbonyl (C=O) groups excluding carboxylic acids is 2. The fourth-order valence-electron chi connectivity index (χ4n) is 2.22. The molecule has 0 fully saturated rings. The number of rotatable bonds is 5. The van der Waals surface area contributed by atoms with Gasteiger partial charge in [-0.3, -0.25) is 9.59 Å². The molecule has 134 valence electrons. The van der Waals surface area contributed by atoms with Crippen LogP contribution in [0.5, 0.6) is 0 Å². The summed E-state index contributed by atoms with van der Waals surface area (Å²) < 4.78 is 0.908. The number of aromatic amines is 1. The molecule has 0 spiro atoms. The number of anilines is 2. The van der Waals surface area contributed by atoms with Crippen molar-refractivity contribution in [1.82, 2.24) is 15.0 Å². The molecule has 0 saturated carbocycles. The van der Waals surface area contributed by atoms with E-state index in [1.54, 1.807) is 24.3 Å². The van der Waals surface area contributed by atoms with Crippen molar-refractivity contribution >= 4 is 62.0 Å². The number of nitrogens with zero attached hydrogens (tertiary/aromatic N) is 2. The van der Waals surface area contributed by atoms with Crippen molar-refractivity contribution in [1.29, 1.82) is 0 Å². The predicted octanol–water partition coefficient (Wildman–Crippen LogP) is 3.72. The van der Waals surface area contributed by atoms with Gasteiger partial charge in [-0.05, 0) is 53.2 Å². The summed E-state index contributed by atoms with van der Waals surface area (Å²) in [6, 6.07) is 8.86. The first-order valence-corrected chi connectivity index (χ1v) is 9.52. The summed E-state index contributed by atoms with van der Waals surface area (Å²) in [7, 11) is 0. The van der Waals surface area contributed by atoms with Crippen LogP contribution in [-0.2, 0) is 9.59 Å². The number of halogens is 1. The maximum Gasteiger partial charge on any atom is 0.234 e. The van der Waals surface area contributed by atoms with Gasteiger partial charge in [-0.15, -0.1) is 0 Å². The van der Waals surface area contributed by atoms with Crippen molar-refractivity contribution in [2.75, 3.05) is 16.4 Å². The monoisotopic (exact) mass is 433 g/mol. The van der Waals surface area contributed by atoms with Crippen molar-refractivity contribution in [2.45, 2.75) is 19.0 Å². The summed E-state index contributed by atoms with van der Waals surface area (Å²) >= 11 is 4.74. The molecule has 0 atom stereocenters. The molecule has 9 heteroatoms. The Balaban J connectivity index is 1.57. The molecule has 2 aromatic heterocycles. The number of hydrogen-bond acceptors (Lipinski definition) is 5. The Kier molecular flexibility index (Phi) is 5.58. The number of nitrogens with one attached hydrogen (secondary N) is 3. The van der Waals surface area contributed by atoms with Crippen molar-refractivity contribution in [2.24, 2.45) is 0 Å². The van der Waals surface area contributed by atoms with Crippen LogP contribution in [0.1, 0.15) is 12.6 Å². The normalized spacial score (nSPS) is 10.7. The van der Waals surface area contributed by atoms with Gasteiger partial charge in [0.25, 0.3) is 0 Å². The van der Waals surface area contributed by atoms with E-state index in [2.05, 4.69) is 41.5 Å². The van der Waals surface area contributed by atoms with E-state index in [-0.39, 0.29) is 17.6 Å². The number of hydrogen-bond donors (Lipinski definition) is 3. The number of thioether (sulfide) groups is 1. The highest BCUT2D eigenvalue weighted by molar-refractivity contribution is 9.10. The minimum Gasteiger partial charge on any atom is -0.331 e. The molecule has 0 saturated heterocycles. The Bertz CT molecular complexity index is 932. The maximum atomic E-state index is 12.1. The molecule has 26 heavy (non-hydrogen) atoms. The number of aryl methyl sites for hydroxylation is 1. The van der Waals surface area contributed by atoms with E-state index in [1.165, 1.54) is 18.7 Å². The van der Waals surface area contributed by atoms with Crippen LogP contribution in [0.4, 0.5) is 11.4 Å². The summed E-state index contributed by atoms with van der Waals surface area (Å²) in [5.41, 5.74) is 3.65. The minimum absolute atomic E-state index is 0.138. The molecule has 1 aromatic carbocycles. The Morgan fingerprint density at radius 3 is 2.46 bits per heavy atom. The zero-order chi connectivity index (χ0) is 18.7. The average molecular weight is 434 g/mol. The van der Waals surface area contributed by atoms with Crippen molar-refractivity contribution in [3.05, 3.63) is 40.5 Å². The van der Waals surface area contributed by atoms with Crippen LogP contribution in [0.3, 0.4) is 0 Å². The molecule has 2 amide bonds. The molecule has 3 aromatic rings. The smallest absolute Gasteiger partial charge is 0.234 e. The van der Waals surface area contributed by atoms with E-state index >= 15 is 0 Å². The summed E-state index contributed by atoms with van der Waals surface area (Å²) in [6.45, 7) is 3.34. The predicted molar refractivity (Wildman–Crippen MR) is 106 cm³/mol. The SMILES string of the molecule is CC(=O)Nc1ccc(NC(=O)CSc2nc3nc(C)c(Br)cc3[nH]2)cc1. The van der Waals surface area contributed by atoms with E-state index in [0.29, 0.717) is 22.2 Å². The fourth-order valence-corrected chi connectivity index (χ4v) is 3.21. The van der Waals surface area contributed by atoms with Gasteiger partial charge in [0.15, 0.2) is 10.8 Å². The largest absolute Gasteiger partial charge is 0.331 e. The summed E-state index contributed by atoms with van der Waals surface area (Å²) in [4.78, 5) is 35.0. The maximum absolute atomic E-state index is 12.1. The first-order valence-electron chi connectivity index (χ1n) is 7.74. The molecule has 0 radical (unpaired) electrons. The number of fused-ring (bicyclic) bond motifs is 1. The van der Waals surface area contributed by atoms with Gasteiger partial charge in [-0.1, -0.05) is 11.8 Å². The number of aromatic nitrogens is 3. The lowest BCUT2D eigenvalue weighted by Crippen LogP contribution is -2.14. The number of imidazole rings is 1. The van der Waals surface area contributed by atoms with Gasteiger partial charge < -0.3 is 15.6 Å². The van der Waals surface area contributed by atoms with E-state index in [9.17, 15) is 9.59 Å². The molecule has 0 bridgehead atoms. The number of pyridine rings is 1.